The fraction of sp³-hybridized carbons (Fsp3) is 0.190. The Bertz CT molecular complexity index is 1740. The molecule has 0 saturated carbocycles. The van der Waals surface area contributed by atoms with E-state index in [0.717, 1.165) is 10.7 Å². The predicted octanol–water partition coefficient (Wildman–Crippen LogP) is -0.419. The second-order valence-electron chi connectivity index (χ2n) is 7.71. The predicted molar refractivity (Wildman–Crippen MR) is 121 cm³/mol. The van der Waals surface area contributed by atoms with Gasteiger partial charge in [0.1, 0.15) is 24.9 Å². The van der Waals surface area contributed by atoms with Crippen LogP contribution in [0.5, 0.6) is 0 Å². The number of H-pyrrole nitrogens is 2. The van der Waals surface area contributed by atoms with Gasteiger partial charge in [0.25, 0.3) is 21.1 Å². The van der Waals surface area contributed by atoms with E-state index in [9.17, 15) is 27.6 Å². The van der Waals surface area contributed by atoms with Crippen molar-refractivity contribution in [2.45, 2.75) is 17.5 Å². The minimum atomic E-state index is -4.23. The standard InChI is InChI=1S/C21H17N5O9S/c27-18-6-5-16(17-2-1-7-33-17)24-25(18)10-19(28)35-12-9-26(34-11-12)36(31,32)13-3-4-15-14(8-13)20(29)23-21(30)22-15/h1-8,12H,9-11H2,(H2,22,23,29,30). The SMILES string of the molecule is O=C(Cn1nc(-c2ccco2)ccc1=O)OC1CON(S(=O)(=O)c2ccc3[nH]c(=O)[nH]c(=O)c3c2)C1. The van der Waals surface area contributed by atoms with Crippen LogP contribution in [-0.2, 0) is 30.9 Å². The Morgan fingerprint density at radius 3 is 2.75 bits per heavy atom. The molecule has 4 heterocycles. The lowest BCUT2D eigenvalue weighted by molar-refractivity contribution is -0.149. The molecule has 36 heavy (non-hydrogen) atoms. The highest BCUT2D eigenvalue weighted by atomic mass is 32.2. The van der Waals surface area contributed by atoms with E-state index in [4.69, 9.17) is 14.0 Å². The fourth-order valence-electron chi connectivity index (χ4n) is 3.56. The summed E-state index contributed by atoms with van der Waals surface area (Å²) < 4.78 is 38.0. The van der Waals surface area contributed by atoms with E-state index in [1.165, 1.54) is 30.5 Å². The second-order valence-corrected chi connectivity index (χ2v) is 9.53. The fourth-order valence-corrected chi connectivity index (χ4v) is 4.87. The maximum atomic E-state index is 13.0. The molecule has 0 bridgehead atoms. The molecule has 0 aliphatic carbocycles. The number of nitrogens with zero attached hydrogens (tertiary/aromatic N) is 3. The maximum absolute atomic E-state index is 13.0. The van der Waals surface area contributed by atoms with Crippen molar-refractivity contribution in [3.05, 3.63) is 79.9 Å². The van der Waals surface area contributed by atoms with Gasteiger partial charge >= 0.3 is 11.7 Å². The zero-order chi connectivity index (χ0) is 25.4. The molecule has 1 atom stereocenters. The van der Waals surface area contributed by atoms with Gasteiger partial charge in [0.05, 0.1) is 28.6 Å². The molecule has 0 spiro atoms. The molecule has 1 aliphatic heterocycles. The van der Waals surface area contributed by atoms with Gasteiger partial charge in [-0.1, -0.05) is 4.47 Å². The van der Waals surface area contributed by atoms with E-state index in [1.54, 1.807) is 12.1 Å². The van der Waals surface area contributed by atoms with Crippen LogP contribution in [-0.4, -0.2) is 57.9 Å². The first kappa shape index (κ1) is 23.4. The Labute approximate surface area is 200 Å². The van der Waals surface area contributed by atoms with Gasteiger partial charge in [-0.2, -0.15) is 5.10 Å². The highest BCUT2D eigenvalue weighted by molar-refractivity contribution is 7.89. The van der Waals surface area contributed by atoms with Gasteiger partial charge in [-0.3, -0.25) is 24.2 Å². The molecule has 2 N–H and O–H groups in total. The van der Waals surface area contributed by atoms with Crippen LogP contribution < -0.4 is 16.8 Å². The highest BCUT2D eigenvalue weighted by Gasteiger charge is 2.36. The summed E-state index contributed by atoms with van der Waals surface area (Å²) in [7, 11) is -4.23. The van der Waals surface area contributed by atoms with Crippen molar-refractivity contribution >= 4 is 26.9 Å². The summed E-state index contributed by atoms with van der Waals surface area (Å²) in [6.45, 7) is -1.08. The zero-order valence-electron chi connectivity index (χ0n) is 18.2. The Morgan fingerprint density at radius 2 is 1.97 bits per heavy atom. The van der Waals surface area contributed by atoms with Crippen molar-refractivity contribution in [2.24, 2.45) is 0 Å². The van der Waals surface area contributed by atoms with Gasteiger partial charge in [0, 0.05) is 6.07 Å². The van der Waals surface area contributed by atoms with Crippen LogP contribution in [0.3, 0.4) is 0 Å². The van der Waals surface area contributed by atoms with Gasteiger partial charge in [0.2, 0.25) is 0 Å². The number of aromatic amines is 2. The van der Waals surface area contributed by atoms with Gasteiger partial charge in [0.15, 0.2) is 5.76 Å². The van der Waals surface area contributed by atoms with Crippen LogP contribution in [0, 0.1) is 0 Å². The third-order valence-electron chi connectivity index (χ3n) is 5.25. The number of esters is 1. The lowest BCUT2D eigenvalue weighted by Crippen LogP contribution is -2.32. The van der Waals surface area contributed by atoms with Crippen molar-refractivity contribution in [1.82, 2.24) is 24.2 Å². The Balaban J connectivity index is 1.27. The number of sulfonamides is 1. The summed E-state index contributed by atoms with van der Waals surface area (Å²) >= 11 is 0. The molecular weight excluding hydrogens is 498 g/mol. The van der Waals surface area contributed by atoms with Crippen molar-refractivity contribution in [3.8, 4) is 11.5 Å². The summed E-state index contributed by atoms with van der Waals surface area (Å²) in [5.41, 5.74) is -1.51. The number of furan rings is 1. The molecule has 0 radical (unpaired) electrons. The number of hydrogen-bond acceptors (Lipinski definition) is 10. The Kier molecular flexibility index (Phi) is 5.87. The van der Waals surface area contributed by atoms with Crippen LogP contribution in [0.4, 0.5) is 0 Å². The molecule has 1 aromatic carbocycles. The monoisotopic (exact) mass is 515 g/mol. The van der Waals surface area contributed by atoms with E-state index < -0.39 is 45.4 Å². The number of carbonyl (C=O) groups excluding carboxylic acids is 1. The third-order valence-corrected chi connectivity index (χ3v) is 6.89. The summed E-state index contributed by atoms with van der Waals surface area (Å²) in [5, 5.41) is 4.05. The summed E-state index contributed by atoms with van der Waals surface area (Å²) in [4.78, 5) is 57.3. The lowest BCUT2D eigenvalue weighted by Gasteiger charge is -2.15. The molecule has 0 amide bonds. The van der Waals surface area contributed by atoms with Crippen LogP contribution in [0.15, 0.2) is 72.4 Å². The lowest BCUT2D eigenvalue weighted by atomic mass is 10.2. The first-order valence-corrected chi connectivity index (χ1v) is 11.9. The molecule has 1 unspecified atom stereocenters. The van der Waals surface area contributed by atoms with E-state index in [1.807, 2.05) is 4.98 Å². The average Bonchev–Trinajstić information content (AvgIpc) is 3.53. The first-order chi connectivity index (χ1) is 17.2. The number of benzene rings is 1. The Morgan fingerprint density at radius 1 is 1.14 bits per heavy atom. The zero-order valence-corrected chi connectivity index (χ0v) is 19.1. The number of ether oxygens (including phenoxy) is 1. The number of aromatic nitrogens is 4. The minimum absolute atomic E-state index is 0.0347. The quantitative estimate of drug-likeness (QED) is 0.319. The molecule has 1 fully saturated rings. The van der Waals surface area contributed by atoms with E-state index >= 15 is 0 Å². The molecule has 4 aromatic rings. The van der Waals surface area contributed by atoms with E-state index in [0.29, 0.717) is 15.9 Å². The molecule has 1 aliphatic rings. The topological polar surface area (TPSA) is 187 Å². The van der Waals surface area contributed by atoms with Crippen LogP contribution in [0.25, 0.3) is 22.4 Å². The van der Waals surface area contributed by atoms with Crippen molar-refractivity contribution < 1.29 is 27.2 Å². The van der Waals surface area contributed by atoms with Crippen LogP contribution in [0.2, 0.25) is 0 Å². The number of hydroxylamine groups is 1. The maximum Gasteiger partial charge on any atom is 0.328 e. The molecule has 186 valence electrons. The number of hydrogen-bond donors (Lipinski definition) is 2. The minimum Gasteiger partial charge on any atom is -0.463 e. The van der Waals surface area contributed by atoms with Crippen molar-refractivity contribution in [1.29, 1.82) is 0 Å². The van der Waals surface area contributed by atoms with Gasteiger partial charge in [-0.05, 0) is 36.4 Å². The van der Waals surface area contributed by atoms with E-state index in [-0.39, 0.29) is 29.0 Å². The summed E-state index contributed by atoms with van der Waals surface area (Å²) in [6.07, 6.45) is 0.494. The molecule has 1 saturated heterocycles. The van der Waals surface area contributed by atoms with Crippen molar-refractivity contribution in [2.75, 3.05) is 13.2 Å². The largest absolute Gasteiger partial charge is 0.463 e. The number of nitrogens with one attached hydrogen (secondary N) is 2. The number of rotatable bonds is 6. The summed E-state index contributed by atoms with van der Waals surface area (Å²) in [5.74, 6) is -0.417. The number of carbonyl (C=O) groups is 1. The summed E-state index contributed by atoms with van der Waals surface area (Å²) in [6, 6.07) is 9.58. The Hall–Kier alpha value is -4.34. The molecular formula is C21H17N5O9S. The van der Waals surface area contributed by atoms with E-state index in [2.05, 4.69) is 10.1 Å². The van der Waals surface area contributed by atoms with Gasteiger partial charge in [-0.25, -0.2) is 17.9 Å². The van der Waals surface area contributed by atoms with Crippen molar-refractivity contribution in [3.63, 3.8) is 0 Å². The third kappa shape index (κ3) is 4.49. The second kappa shape index (κ2) is 9.03. The van der Waals surface area contributed by atoms with Crippen LogP contribution >= 0.6 is 0 Å². The van der Waals surface area contributed by atoms with Crippen LogP contribution in [0.1, 0.15) is 0 Å². The first-order valence-electron chi connectivity index (χ1n) is 10.4. The smallest absolute Gasteiger partial charge is 0.328 e. The molecule has 15 heteroatoms. The molecule has 5 rings (SSSR count). The normalized spacial score (nSPS) is 16.4. The average molecular weight is 515 g/mol. The molecule has 14 nitrogen and oxygen atoms in total. The highest BCUT2D eigenvalue weighted by Crippen LogP contribution is 2.23. The van der Waals surface area contributed by atoms with Gasteiger partial charge in [-0.15, -0.1) is 0 Å². The van der Waals surface area contributed by atoms with Gasteiger partial charge < -0.3 is 14.1 Å². The number of fused-ring (bicyclic) bond motifs is 1. The molecule has 3 aromatic heterocycles.